The van der Waals surface area contributed by atoms with Crippen LogP contribution in [0.5, 0.6) is 0 Å². The molecular weight excluding hydrogens is 210 g/mol. The van der Waals surface area contributed by atoms with E-state index >= 15 is 0 Å². The summed E-state index contributed by atoms with van der Waals surface area (Å²) in [7, 11) is 0. The molecule has 94 valence electrons. The summed E-state index contributed by atoms with van der Waals surface area (Å²) in [6.45, 7) is 4.23. The average molecular weight is 233 g/mol. The Morgan fingerprint density at radius 3 is 2.71 bits per heavy atom. The lowest BCUT2D eigenvalue weighted by atomic mass is 9.89. The van der Waals surface area contributed by atoms with Gasteiger partial charge in [0.15, 0.2) is 0 Å². The molecule has 0 aliphatic carbocycles. The molecule has 0 spiro atoms. The molecular formula is C15H23NO. The lowest BCUT2D eigenvalue weighted by molar-refractivity contribution is 0.0921. The summed E-state index contributed by atoms with van der Waals surface area (Å²) in [4.78, 5) is 0. The molecule has 1 aliphatic rings. The number of rotatable bonds is 4. The molecule has 1 aromatic rings. The topological polar surface area (TPSA) is 32.3 Å². The van der Waals surface area contributed by atoms with Crippen molar-refractivity contribution in [3.05, 3.63) is 35.4 Å². The SMILES string of the molecule is CCCc1ccc(C(O)C2CCCNC2)cc1. The Bertz CT molecular complexity index is 327. The van der Waals surface area contributed by atoms with Gasteiger partial charge in [0.2, 0.25) is 0 Å². The first kappa shape index (κ1) is 12.6. The number of hydrogen-bond donors (Lipinski definition) is 2. The van der Waals surface area contributed by atoms with Crippen molar-refractivity contribution >= 4 is 0 Å². The number of aliphatic hydroxyl groups excluding tert-OH is 1. The van der Waals surface area contributed by atoms with Gasteiger partial charge >= 0.3 is 0 Å². The van der Waals surface area contributed by atoms with Crippen LogP contribution in [0.4, 0.5) is 0 Å². The normalized spacial score (nSPS) is 22.4. The molecule has 2 heteroatoms. The predicted octanol–water partition coefficient (Wildman–Crippen LogP) is 2.67. The molecule has 0 aromatic heterocycles. The minimum Gasteiger partial charge on any atom is -0.388 e. The van der Waals surface area contributed by atoms with Gasteiger partial charge in [-0.2, -0.15) is 0 Å². The van der Waals surface area contributed by atoms with Crippen LogP contribution in [0.2, 0.25) is 0 Å². The number of nitrogens with one attached hydrogen (secondary N) is 1. The van der Waals surface area contributed by atoms with Crippen molar-refractivity contribution in [3.8, 4) is 0 Å². The van der Waals surface area contributed by atoms with Gasteiger partial charge in [0.25, 0.3) is 0 Å². The second-order valence-corrected chi connectivity index (χ2v) is 5.04. The van der Waals surface area contributed by atoms with Gasteiger partial charge in [-0.1, -0.05) is 37.6 Å². The van der Waals surface area contributed by atoms with Crippen LogP contribution in [0.3, 0.4) is 0 Å². The van der Waals surface area contributed by atoms with Crippen LogP contribution >= 0.6 is 0 Å². The lowest BCUT2D eigenvalue weighted by Crippen LogP contribution is -2.33. The maximum atomic E-state index is 10.3. The van der Waals surface area contributed by atoms with Gasteiger partial charge in [-0.3, -0.25) is 0 Å². The van der Waals surface area contributed by atoms with Gasteiger partial charge in [0.1, 0.15) is 0 Å². The fourth-order valence-electron chi connectivity index (χ4n) is 2.59. The molecule has 0 bridgehead atoms. The fourth-order valence-corrected chi connectivity index (χ4v) is 2.59. The summed E-state index contributed by atoms with van der Waals surface area (Å²) in [5.41, 5.74) is 2.43. The molecule has 1 fully saturated rings. The highest BCUT2D eigenvalue weighted by atomic mass is 16.3. The largest absolute Gasteiger partial charge is 0.388 e. The highest BCUT2D eigenvalue weighted by Crippen LogP contribution is 2.27. The van der Waals surface area contributed by atoms with Crippen LogP contribution in [-0.4, -0.2) is 18.2 Å². The molecule has 1 heterocycles. The summed E-state index contributed by atoms with van der Waals surface area (Å²) in [5.74, 6) is 0.376. The summed E-state index contributed by atoms with van der Waals surface area (Å²) >= 11 is 0. The lowest BCUT2D eigenvalue weighted by Gasteiger charge is -2.27. The number of benzene rings is 1. The number of aryl methyl sites for hydroxylation is 1. The molecule has 0 radical (unpaired) electrons. The third kappa shape index (κ3) is 3.30. The van der Waals surface area contributed by atoms with Gasteiger partial charge in [-0.05, 0) is 36.9 Å². The van der Waals surface area contributed by atoms with E-state index in [1.165, 1.54) is 18.4 Å². The van der Waals surface area contributed by atoms with Crippen LogP contribution in [0.1, 0.15) is 43.4 Å². The molecule has 1 aliphatic heterocycles. The van der Waals surface area contributed by atoms with Crippen LogP contribution in [0.25, 0.3) is 0 Å². The van der Waals surface area contributed by atoms with Gasteiger partial charge in [-0.15, -0.1) is 0 Å². The molecule has 2 rings (SSSR count). The van der Waals surface area contributed by atoms with Crippen LogP contribution in [-0.2, 0) is 6.42 Å². The van der Waals surface area contributed by atoms with Crippen molar-refractivity contribution in [2.24, 2.45) is 5.92 Å². The number of piperidine rings is 1. The minimum atomic E-state index is -0.307. The summed E-state index contributed by atoms with van der Waals surface area (Å²) in [5, 5.41) is 13.7. The second-order valence-electron chi connectivity index (χ2n) is 5.04. The van der Waals surface area contributed by atoms with Crippen molar-refractivity contribution in [1.82, 2.24) is 5.32 Å². The molecule has 0 saturated carbocycles. The van der Waals surface area contributed by atoms with Crippen LogP contribution in [0, 0.1) is 5.92 Å². The van der Waals surface area contributed by atoms with Gasteiger partial charge in [0, 0.05) is 12.5 Å². The highest BCUT2D eigenvalue weighted by molar-refractivity contribution is 5.24. The zero-order valence-corrected chi connectivity index (χ0v) is 10.7. The second kappa shape index (κ2) is 6.18. The molecule has 2 nitrogen and oxygen atoms in total. The van der Waals surface area contributed by atoms with Crippen molar-refractivity contribution in [1.29, 1.82) is 0 Å². The molecule has 1 aromatic carbocycles. The Labute approximate surface area is 104 Å². The van der Waals surface area contributed by atoms with E-state index in [-0.39, 0.29) is 6.10 Å². The standard InChI is InChI=1S/C15H23NO/c1-2-4-12-6-8-13(9-7-12)15(17)14-5-3-10-16-11-14/h6-9,14-17H,2-5,10-11H2,1H3. The molecule has 0 amide bonds. The van der Waals surface area contributed by atoms with Crippen molar-refractivity contribution in [2.75, 3.05) is 13.1 Å². The average Bonchev–Trinajstić information content (AvgIpc) is 2.40. The highest BCUT2D eigenvalue weighted by Gasteiger charge is 2.22. The van der Waals surface area contributed by atoms with E-state index < -0.39 is 0 Å². The van der Waals surface area contributed by atoms with Crippen LogP contribution in [0.15, 0.2) is 24.3 Å². The first-order chi connectivity index (χ1) is 8.31. The molecule has 2 unspecified atom stereocenters. The Kier molecular flexibility index (Phi) is 4.57. The molecule has 17 heavy (non-hydrogen) atoms. The van der Waals surface area contributed by atoms with E-state index in [2.05, 4.69) is 36.5 Å². The van der Waals surface area contributed by atoms with Crippen molar-refractivity contribution in [3.63, 3.8) is 0 Å². The minimum absolute atomic E-state index is 0.307. The monoisotopic (exact) mass is 233 g/mol. The Morgan fingerprint density at radius 2 is 2.12 bits per heavy atom. The van der Waals surface area contributed by atoms with E-state index in [4.69, 9.17) is 0 Å². The van der Waals surface area contributed by atoms with E-state index in [0.717, 1.165) is 31.5 Å². The summed E-state index contributed by atoms with van der Waals surface area (Å²) in [6, 6.07) is 8.48. The third-order valence-electron chi connectivity index (χ3n) is 3.64. The number of aliphatic hydroxyl groups is 1. The molecule has 2 N–H and O–H groups in total. The quantitative estimate of drug-likeness (QED) is 0.838. The fraction of sp³-hybridized carbons (Fsp3) is 0.600. The van der Waals surface area contributed by atoms with E-state index in [0.29, 0.717) is 5.92 Å². The van der Waals surface area contributed by atoms with E-state index in [9.17, 15) is 5.11 Å². The van der Waals surface area contributed by atoms with Gasteiger partial charge in [0.05, 0.1) is 6.10 Å². The summed E-state index contributed by atoms with van der Waals surface area (Å²) < 4.78 is 0. The number of hydrogen-bond acceptors (Lipinski definition) is 2. The zero-order chi connectivity index (χ0) is 12.1. The van der Waals surface area contributed by atoms with Crippen LogP contribution < -0.4 is 5.32 Å². The van der Waals surface area contributed by atoms with E-state index in [1.807, 2.05) is 0 Å². The maximum absolute atomic E-state index is 10.3. The summed E-state index contributed by atoms with van der Waals surface area (Å²) in [6.07, 6.45) is 4.30. The molecule has 1 saturated heterocycles. The van der Waals surface area contributed by atoms with E-state index in [1.54, 1.807) is 0 Å². The first-order valence-corrected chi connectivity index (χ1v) is 6.79. The Hall–Kier alpha value is -0.860. The van der Waals surface area contributed by atoms with Crippen molar-refractivity contribution < 1.29 is 5.11 Å². The zero-order valence-electron chi connectivity index (χ0n) is 10.7. The third-order valence-corrected chi connectivity index (χ3v) is 3.64. The van der Waals surface area contributed by atoms with Crippen molar-refractivity contribution in [2.45, 2.75) is 38.7 Å². The Balaban J connectivity index is 2.00. The first-order valence-electron chi connectivity index (χ1n) is 6.79. The smallest absolute Gasteiger partial charge is 0.0830 e. The van der Waals surface area contributed by atoms with Gasteiger partial charge in [-0.25, -0.2) is 0 Å². The molecule has 2 atom stereocenters. The predicted molar refractivity (Wildman–Crippen MR) is 71.0 cm³/mol. The van der Waals surface area contributed by atoms with Gasteiger partial charge < -0.3 is 10.4 Å². The Morgan fingerprint density at radius 1 is 1.35 bits per heavy atom. The maximum Gasteiger partial charge on any atom is 0.0830 e.